The predicted molar refractivity (Wildman–Crippen MR) is 132 cm³/mol. The number of carbonyl (C=O) groups excluding carboxylic acids is 2. The first-order valence-electron chi connectivity index (χ1n) is 11.1. The average Bonchev–Trinajstić information content (AvgIpc) is 3.23. The smallest absolute Gasteiger partial charge is 0.337 e. The van der Waals surface area contributed by atoms with Crippen molar-refractivity contribution in [1.82, 2.24) is 0 Å². The van der Waals surface area contributed by atoms with Crippen LogP contribution in [-0.2, 0) is 11.3 Å². The number of rotatable bonds is 8. The van der Waals surface area contributed by atoms with Gasteiger partial charge in [0.25, 0.3) is 0 Å². The summed E-state index contributed by atoms with van der Waals surface area (Å²) in [5.41, 5.74) is 3.10. The lowest BCUT2D eigenvalue weighted by Gasteiger charge is -2.14. The van der Waals surface area contributed by atoms with Gasteiger partial charge in [-0.05, 0) is 55.0 Å². The minimum Gasteiger partial charge on any atom is -0.493 e. The van der Waals surface area contributed by atoms with Gasteiger partial charge in [0.1, 0.15) is 18.1 Å². The Morgan fingerprint density at radius 2 is 1.56 bits per heavy atom. The van der Waals surface area contributed by atoms with E-state index in [1.165, 1.54) is 28.4 Å². The Kier molecular flexibility index (Phi) is 7.15. The number of methoxy groups -OCH3 is 4. The fourth-order valence-corrected chi connectivity index (χ4v) is 3.92. The average molecular weight is 491 g/mol. The molecule has 0 atom stereocenters. The SMILES string of the molecule is COC(=O)c1ccc(COc2ccc3c(c2C)O/C(=C\c2ccc(OC)c(OC)c2OC)C3=O)cc1. The van der Waals surface area contributed by atoms with Crippen LogP contribution in [0.4, 0.5) is 0 Å². The number of allylic oxidation sites excluding steroid dienone is 1. The van der Waals surface area contributed by atoms with E-state index >= 15 is 0 Å². The molecule has 0 saturated carbocycles. The summed E-state index contributed by atoms with van der Waals surface area (Å²) in [5.74, 6) is 1.92. The Labute approximate surface area is 209 Å². The van der Waals surface area contributed by atoms with Gasteiger partial charge < -0.3 is 28.4 Å². The van der Waals surface area contributed by atoms with Gasteiger partial charge in [-0.1, -0.05) is 12.1 Å². The first-order chi connectivity index (χ1) is 17.4. The third kappa shape index (κ3) is 4.57. The summed E-state index contributed by atoms with van der Waals surface area (Å²) in [6.07, 6.45) is 1.62. The molecule has 0 aromatic heterocycles. The van der Waals surface area contributed by atoms with Crippen LogP contribution in [0.3, 0.4) is 0 Å². The predicted octanol–water partition coefficient (Wildman–Crippen LogP) is 5.00. The Balaban J connectivity index is 1.56. The molecule has 36 heavy (non-hydrogen) atoms. The molecule has 1 aliphatic heterocycles. The van der Waals surface area contributed by atoms with Gasteiger partial charge in [-0.3, -0.25) is 4.79 Å². The van der Waals surface area contributed by atoms with E-state index in [2.05, 4.69) is 0 Å². The van der Waals surface area contributed by atoms with E-state index < -0.39 is 5.97 Å². The van der Waals surface area contributed by atoms with Crippen LogP contribution >= 0.6 is 0 Å². The van der Waals surface area contributed by atoms with E-state index in [0.29, 0.717) is 51.0 Å². The van der Waals surface area contributed by atoms with Crippen LogP contribution in [0.15, 0.2) is 54.3 Å². The zero-order valence-corrected chi connectivity index (χ0v) is 20.7. The van der Waals surface area contributed by atoms with Gasteiger partial charge in [0.2, 0.25) is 11.5 Å². The summed E-state index contributed by atoms with van der Waals surface area (Å²) < 4.78 is 32.9. The number of hydrogen-bond acceptors (Lipinski definition) is 8. The molecule has 4 rings (SSSR count). The maximum Gasteiger partial charge on any atom is 0.337 e. The van der Waals surface area contributed by atoms with Crippen LogP contribution in [0.25, 0.3) is 6.08 Å². The normalized spacial score (nSPS) is 13.1. The lowest BCUT2D eigenvalue weighted by Crippen LogP contribution is -2.02. The highest BCUT2D eigenvalue weighted by Gasteiger charge is 2.31. The first kappa shape index (κ1) is 24.7. The molecule has 8 nitrogen and oxygen atoms in total. The Morgan fingerprint density at radius 1 is 0.861 bits per heavy atom. The highest BCUT2D eigenvalue weighted by molar-refractivity contribution is 6.15. The van der Waals surface area contributed by atoms with Gasteiger partial charge in [0.05, 0.1) is 39.6 Å². The van der Waals surface area contributed by atoms with Crippen molar-refractivity contribution in [1.29, 1.82) is 0 Å². The van der Waals surface area contributed by atoms with Crippen LogP contribution < -0.4 is 23.7 Å². The molecule has 0 radical (unpaired) electrons. The topological polar surface area (TPSA) is 89.5 Å². The van der Waals surface area contributed by atoms with Crippen LogP contribution in [0.5, 0.6) is 28.7 Å². The Bertz CT molecular complexity index is 1340. The zero-order chi connectivity index (χ0) is 25.8. The molecule has 0 amide bonds. The number of ether oxygens (including phenoxy) is 6. The molecule has 0 aliphatic carbocycles. The van der Waals surface area contributed by atoms with Gasteiger partial charge >= 0.3 is 5.97 Å². The lowest BCUT2D eigenvalue weighted by atomic mass is 10.1. The van der Waals surface area contributed by atoms with E-state index in [-0.39, 0.29) is 18.1 Å². The maximum atomic E-state index is 13.1. The third-order valence-electron chi connectivity index (χ3n) is 5.83. The van der Waals surface area contributed by atoms with E-state index in [4.69, 9.17) is 28.4 Å². The summed E-state index contributed by atoms with van der Waals surface area (Å²) in [7, 11) is 5.91. The number of Topliss-reactive ketones (excluding diaryl/α,β-unsaturated/α-hetero) is 1. The molecule has 0 saturated heterocycles. The van der Waals surface area contributed by atoms with Crippen molar-refractivity contribution < 1.29 is 38.0 Å². The quantitative estimate of drug-likeness (QED) is 0.322. The van der Waals surface area contributed by atoms with Crippen molar-refractivity contribution in [3.05, 3.63) is 82.1 Å². The molecule has 0 bridgehead atoms. The minimum atomic E-state index is -0.395. The van der Waals surface area contributed by atoms with Gasteiger partial charge in [0.15, 0.2) is 17.3 Å². The maximum absolute atomic E-state index is 13.1. The van der Waals surface area contributed by atoms with Gasteiger partial charge in [-0.25, -0.2) is 4.79 Å². The molecule has 0 N–H and O–H groups in total. The summed E-state index contributed by atoms with van der Waals surface area (Å²) in [6.45, 7) is 2.11. The van der Waals surface area contributed by atoms with E-state index in [1.54, 1.807) is 54.6 Å². The second kappa shape index (κ2) is 10.4. The number of carbonyl (C=O) groups is 2. The molecule has 1 heterocycles. The fraction of sp³-hybridized carbons (Fsp3) is 0.214. The number of benzene rings is 3. The van der Waals surface area contributed by atoms with Crippen molar-refractivity contribution in [2.24, 2.45) is 0 Å². The molecule has 0 spiro atoms. The summed E-state index contributed by atoms with van der Waals surface area (Å²) in [5, 5.41) is 0. The number of hydrogen-bond donors (Lipinski definition) is 0. The first-order valence-corrected chi connectivity index (χ1v) is 11.1. The molecule has 3 aromatic rings. The standard InChI is InChI=1S/C28H26O8/c1-16-21(35-15-17-6-8-18(9-7-17)28(30)34-5)13-11-20-24(29)23(36-25(16)20)14-19-10-12-22(31-2)27(33-4)26(19)32-3/h6-14H,15H2,1-5H3/b23-14-. The van der Waals surface area contributed by atoms with Gasteiger partial charge in [-0.2, -0.15) is 0 Å². The lowest BCUT2D eigenvalue weighted by molar-refractivity contribution is 0.0600. The molecular formula is C28H26O8. The third-order valence-corrected chi connectivity index (χ3v) is 5.83. The minimum absolute atomic E-state index is 0.161. The number of ketones is 1. The van der Waals surface area contributed by atoms with E-state index in [9.17, 15) is 9.59 Å². The Morgan fingerprint density at radius 3 is 2.19 bits per heavy atom. The number of fused-ring (bicyclic) bond motifs is 1. The molecule has 3 aromatic carbocycles. The number of esters is 1. The summed E-state index contributed by atoms with van der Waals surface area (Å²) in [6, 6.07) is 13.9. The van der Waals surface area contributed by atoms with Crippen molar-refractivity contribution in [3.63, 3.8) is 0 Å². The zero-order valence-electron chi connectivity index (χ0n) is 20.7. The van der Waals surface area contributed by atoms with Crippen molar-refractivity contribution in [2.45, 2.75) is 13.5 Å². The van der Waals surface area contributed by atoms with Crippen LogP contribution in [0.1, 0.15) is 37.4 Å². The second-order valence-electron chi connectivity index (χ2n) is 7.91. The van der Waals surface area contributed by atoms with Crippen molar-refractivity contribution in [2.75, 3.05) is 28.4 Å². The van der Waals surface area contributed by atoms with Crippen LogP contribution in [0, 0.1) is 6.92 Å². The molecular weight excluding hydrogens is 464 g/mol. The molecule has 0 unspecified atom stereocenters. The van der Waals surface area contributed by atoms with Crippen LogP contribution in [-0.4, -0.2) is 40.2 Å². The molecule has 1 aliphatic rings. The van der Waals surface area contributed by atoms with Gasteiger partial charge in [0, 0.05) is 11.1 Å². The highest BCUT2D eigenvalue weighted by atomic mass is 16.5. The molecule has 186 valence electrons. The van der Waals surface area contributed by atoms with Crippen molar-refractivity contribution in [3.8, 4) is 28.7 Å². The second-order valence-corrected chi connectivity index (χ2v) is 7.91. The highest BCUT2D eigenvalue weighted by Crippen LogP contribution is 2.43. The Hall–Kier alpha value is -4.46. The summed E-state index contributed by atoms with van der Waals surface area (Å²) >= 11 is 0. The van der Waals surface area contributed by atoms with Crippen molar-refractivity contribution >= 4 is 17.8 Å². The van der Waals surface area contributed by atoms with E-state index in [0.717, 1.165) is 5.56 Å². The molecule has 0 fully saturated rings. The largest absolute Gasteiger partial charge is 0.493 e. The van der Waals surface area contributed by atoms with E-state index in [1.807, 2.05) is 6.92 Å². The molecule has 8 heteroatoms. The van der Waals surface area contributed by atoms with Gasteiger partial charge in [-0.15, -0.1) is 0 Å². The summed E-state index contributed by atoms with van der Waals surface area (Å²) in [4.78, 5) is 24.7. The van der Waals surface area contributed by atoms with Crippen LogP contribution in [0.2, 0.25) is 0 Å². The fourth-order valence-electron chi connectivity index (χ4n) is 3.92. The monoisotopic (exact) mass is 490 g/mol.